The highest BCUT2D eigenvalue weighted by molar-refractivity contribution is 6.16. The lowest BCUT2D eigenvalue weighted by molar-refractivity contribution is -0.134. The molecular weight excluding hydrogens is 857 g/mol. The maximum Gasteiger partial charge on any atom is 0.220 e. The van der Waals surface area contributed by atoms with E-state index in [0.717, 1.165) is 50.3 Å². The third-order valence-electron chi connectivity index (χ3n) is 11.9. The van der Waals surface area contributed by atoms with E-state index in [1.165, 1.54) is 74.6 Å². The van der Waals surface area contributed by atoms with Crippen molar-refractivity contribution >= 4 is 44.7 Å². The van der Waals surface area contributed by atoms with Crippen LogP contribution in [0.15, 0.2) is 139 Å². The monoisotopic (exact) mass is 908 g/mol. The fourth-order valence-corrected chi connectivity index (χ4v) is 9.07. The van der Waals surface area contributed by atoms with Gasteiger partial charge in [-0.25, -0.2) is 0 Å². The molecule has 2 bridgehead atoms. The summed E-state index contributed by atoms with van der Waals surface area (Å²) in [6, 6.07) is 32.4. The van der Waals surface area contributed by atoms with Crippen LogP contribution in [0.2, 0.25) is 0 Å². The summed E-state index contributed by atoms with van der Waals surface area (Å²) in [5.41, 5.74) is 4.07. The Bertz CT molecular complexity index is 2900. The molecule has 5 aliphatic rings. The molecule has 0 aromatic heterocycles. The topological polar surface area (TPSA) is 173 Å². The van der Waals surface area contributed by atoms with E-state index < -0.39 is 11.8 Å². The molecule has 0 fully saturated rings. The smallest absolute Gasteiger partial charge is 0.220 e. The molecule has 13 nitrogen and oxygen atoms in total. The average Bonchev–Trinajstić information content (AvgIpc) is 3.35. The van der Waals surface area contributed by atoms with Gasteiger partial charge in [-0.05, 0) is 82.6 Å². The van der Waals surface area contributed by atoms with Crippen LogP contribution < -0.4 is 23.7 Å². The summed E-state index contributed by atoms with van der Waals surface area (Å²) < 4.78 is 36.8. The van der Waals surface area contributed by atoms with Crippen LogP contribution in [0.25, 0.3) is 21.5 Å². The second-order valence-electron chi connectivity index (χ2n) is 15.3. The zero-order valence-corrected chi connectivity index (χ0v) is 37.3. The van der Waals surface area contributed by atoms with Gasteiger partial charge in [-0.3, -0.25) is 19.2 Å². The minimum Gasteiger partial charge on any atom is -0.508 e. The Balaban J connectivity index is 0.000000162. The molecular formula is C54H52O13. The second-order valence-corrected chi connectivity index (χ2v) is 15.3. The first-order valence-corrected chi connectivity index (χ1v) is 20.7. The molecule has 67 heavy (non-hydrogen) atoms. The van der Waals surface area contributed by atoms with E-state index in [0.29, 0.717) is 5.75 Å². The molecule has 2 N–H and O–H groups in total. The normalized spacial score (nSPS) is 18.0. The third kappa shape index (κ3) is 9.26. The second kappa shape index (κ2) is 20.8. The lowest BCUT2D eigenvalue weighted by atomic mass is 9.51. The van der Waals surface area contributed by atoms with E-state index in [1.54, 1.807) is 28.4 Å². The zero-order chi connectivity index (χ0) is 47.2. The lowest BCUT2D eigenvalue weighted by Crippen LogP contribution is -2.49. The number of phenols is 2. The van der Waals surface area contributed by atoms with E-state index in [-0.39, 0.29) is 71.2 Å². The van der Waals surface area contributed by atoms with E-state index in [2.05, 4.69) is 35.1 Å². The number of benzene rings is 6. The van der Waals surface area contributed by atoms with Crippen LogP contribution in [0.1, 0.15) is 41.5 Å². The summed E-state index contributed by atoms with van der Waals surface area (Å²) in [6.45, 7) is 0. The molecule has 6 aromatic carbocycles. The molecule has 5 aliphatic carbocycles. The SMILES string of the molecule is C.COC1=CC(=O)C2C3c4ccccc4C(c4c(OC)ccc(OC)c43)C2C1=O.COC1=CC(=O)C=CC1=O.COc1cc(O)ccc1O.COc1ccc(OC)c2cc3ccccc3cc12. The van der Waals surface area contributed by atoms with Gasteiger partial charge in [0.15, 0.2) is 34.6 Å². The Hall–Kier alpha value is -8.06. The number of ether oxygens (including phenoxy) is 7. The van der Waals surface area contributed by atoms with Crippen molar-refractivity contribution in [3.63, 3.8) is 0 Å². The summed E-state index contributed by atoms with van der Waals surface area (Å²) >= 11 is 0. The van der Waals surface area contributed by atoms with Crippen LogP contribution in [0.4, 0.5) is 0 Å². The van der Waals surface area contributed by atoms with E-state index in [9.17, 15) is 19.2 Å². The van der Waals surface area contributed by atoms with Crippen molar-refractivity contribution in [2.24, 2.45) is 11.8 Å². The van der Waals surface area contributed by atoms with E-state index in [1.807, 2.05) is 54.6 Å². The Morgan fingerprint density at radius 2 is 0.940 bits per heavy atom. The van der Waals surface area contributed by atoms with Crippen molar-refractivity contribution in [1.29, 1.82) is 0 Å². The molecule has 0 radical (unpaired) electrons. The summed E-state index contributed by atoms with van der Waals surface area (Å²) in [5.74, 6) is 1.66. The number of phenolic OH excluding ortho intramolecular Hbond substituents is 2. The van der Waals surface area contributed by atoms with Crippen molar-refractivity contribution in [3.8, 4) is 40.2 Å². The number of Topliss-reactive ketones (excluding diaryl/α,β-unsaturated/α-hetero) is 1. The average molecular weight is 909 g/mol. The van der Waals surface area contributed by atoms with Crippen molar-refractivity contribution in [2.45, 2.75) is 19.3 Å². The Kier molecular flexibility index (Phi) is 15.1. The van der Waals surface area contributed by atoms with Crippen molar-refractivity contribution in [1.82, 2.24) is 0 Å². The van der Waals surface area contributed by atoms with Gasteiger partial charge in [-0.1, -0.05) is 56.0 Å². The van der Waals surface area contributed by atoms with Crippen LogP contribution in [0.3, 0.4) is 0 Å². The van der Waals surface area contributed by atoms with Gasteiger partial charge in [0.25, 0.3) is 0 Å². The number of rotatable bonds is 7. The molecule has 0 aliphatic heterocycles. The molecule has 4 unspecified atom stereocenters. The number of carbonyl (C=O) groups excluding carboxylic acids is 4. The van der Waals surface area contributed by atoms with Gasteiger partial charge in [-0.2, -0.15) is 0 Å². The van der Waals surface area contributed by atoms with Crippen molar-refractivity contribution in [3.05, 3.63) is 161 Å². The van der Waals surface area contributed by atoms with Crippen LogP contribution >= 0.6 is 0 Å². The number of hydrogen-bond donors (Lipinski definition) is 2. The Labute approximate surface area is 388 Å². The van der Waals surface area contributed by atoms with Gasteiger partial charge >= 0.3 is 0 Å². The van der Waals surface area contributed by atoms with Crippen LogP contribution in [-0.4, -0.2) is 83.1 Å². The first kappa shape index (κ1) is 48.4. The highest BCUT2D eigenvalue weighted by Gasteiger charge is 2.58. The molecule has 11 rings (SSSR count). The lowest BCUT2D eigenvalue weighted by Gasteiger charge is -2.50. The van der Waals surface area contributed by atoms with E-state index in [4.69, 9.17) is 38.6 Å². The summed E-state index contributed by atoms with van der Waals surface area (Å²) in [6.07, 6.45) is 4.94. The van der Waals surface area contributed by atoms with Gasteiger partial charge < -0.3 is 43.4 Å². The maximum atomic E-state index is 13.3. The molecule has 6 aromatic rings. The third-order valence-corrected chi connectivity index (χ3v) is 11.9. The van der Waals surface area contributed by atoms with Crippen LogP contribution in [0, 0.1) is 11.8 Å². The quantitative estimate of drug-likeness (QED) is 0.0883. The fourth-order valence-electron chi connectivity index (χ4n) is 9.07. The Morgan fingerprint density at radius 3 is 1.40 bits per heavy atom. The number of allylic oxidation sites excluding steroid dienone is 5. The predicted octanol–water partition coefficient (Wildman–Crippen LogP) is 9.19. The van der Waals surface area contributed by atoms with Crippen molar-refractivity contribution < 1.29 is 62.5 Å². The van der Waals surface area contributed by atoms with E-state index >= 15 is 0 Å². The number of fused-ring (bicyclic) bond motifs is 2. The number of aromatic hydroxyl groups is 2. The largest absolute Gasteiger partial charge is 0.508 e. The minimum absolute atomic E-state index is 0. The first-order valence-electron chi connectivity index (χ1n) is 20.7. The molecule has 0 saturated heterocycles. The van der Waals surface area contributed by atoms with Gasteiger partial charge in [0, 0.05) is 63.8 Å². The van der Waals surface area contributed by atoms with Crippen LogP contribution in [-0.2, 0) is 28.7 Å². The molecule has 13 heteroatoms. The van der Waals surface area contributed by atoms with Gasteiger partial charge in [0.1, 0.15) is 28.7 Å². The number of methoxy groups -OCH3 is 7. The maximum absolute atomic E-state index is 13.3. The predicted molar refractivity (Wildman–Crippen MR) is 254 cm³/mol. The van der Waals surface area contributed by atoms with Gasteiger partial charge in [0.2, 0.25) is 11.6 Å². The molecule has 4 atom stereocenters. The highest BCUT2D eigenvalue weighted by Crippen LogP contribution is 2.63. The summed E-state index contributed by atoms with van der Waals surface area (Å²) in [4.78, 5) is 47.7. The number of ketones is 4. The Morgan fingerprint density at radius 1 is 0.463 bits per heavy atom. The summed E-state index contributed by atoms with van der Waals surface area (Å²) in [5, 5.41) is 22.4. The number of carbonyl (C=O) groups is 4. The minimum atomic E-state index is -0.499. The molecule has 0 saturated carbocycles. The van der Waals surface area contributed by atoms with Crippen LogP contribution in [0.5, 0.6) is 40.2 Å². The molecule has 0 spiro atoms. The molecule has 0 heterocycles. The standard InChI is InChI=1S/C23H20O5.C16H14O2.C7H8O3.C7H6O3.CH4/c1-26-14-8-9-15(27-2)21-18-12-7-5-4-6-11(12)17(20(14)21)19-13(24)10-16(28-3)23(25)22(18)19;1-17-15-7-8-16(18-2)14-10-12-6-4-3-5-11(12)9-13(14)15;2*1-10-7-4-5(8)2-3-6(7)9;/h4-10,17-19,22H,1-3H3;3-10H,1-2H3;2-4,8-9H,1H3;2-4H,1H3;1H4. The first-order chi connectivity index (χ1) is 31.9. The number of hydrogen-bond acceptors (Lipinski definition) is 13. The highest BCUT2D eigenvalue weighted by atomic mass is 16.5. The summed E-state index contributed by atoms with van der Waals surface area (Å²) in [7, 11) is 10.9. The molecule has 346 valence electrons. The van der Waals surface area contributed by atoms with Gasteiger partial charge in [-0.15, -0.1) is 0 Å². The molecule has 0 amide bonds. The zero-order valence-electron chi connectivity index (χ0n) is 37.3. The van der Waals surface area contributed by atoms with Crippen molar-refractivity contribution in [2.75, 3.05) is 49.8 Å². The fraction of sp³-hybridized carbons (Fsp3) is 0.222. The van der Waals surface area contributed by atoms with Gasteiger partial charge in [0.05, 0.1) is 49.8 Å².